The van der Waals surface area contributed by atoms with Crippen LogP contribution in [-0.2, 0) is 4.74 Å². The number of nitrogen functional groups attached to an aromatic ring is 1. The normalized spacial score (nSPS) is 15.5. The number of carbonyl (C=O) groups excluding carboxylic acids is 1. The zero-order valence-corrected chi connectivity index (χ0v) is 10.7. The molecule has 1 fully saturated rings. The number of esters is 1. The van der Waals surface area contributed by atoms with Crippen LogP contribution in [0.15, 0.2) is 0 Å². The molecule has 0 bridgehead atoms. The Morgan fingerprint density at radius 3 is 2.62 bits per heavy atom. The second kappa shape index (κ2) is 4.09. The first kappa shape index (κ1) is 11.5. The molecular weight excluding hydrogens is 222 g/mol. The van der Waals surface area contributed by atoms with Gasteiger partial charge in [-0.2, -0.15) is 0 Å². The van der Waals surface area contributed by atoms with Gasteiger partial charge >= 0.3 is 5.97 Å². The molecule has 16 heavy (non-hydrogen) atoms. The first-order valence-electron chi connectivity index (χ1n) is 5.60. The van der Waals surface area contributed by atoms with Crippen molar-refractivity contribution in [3.63, 3.8) is 0 Å². The maximum absolute atomic E-state index is 11.9. The van der Waals surface area contributed by atoms with Crippen molar-refractivity contribution in [3.05, 3.63) is 16.0 Å². The van der Waals surface area contributed by atoms with Crippen LogP contribution in [0.3, 0.4) is 0 Å². The third-order valence-electron chi connectivity index (χ3n) is 2.69. The van der Waals surface area contributed by atoms with Crippen molar-refractivity contribution in [1.82, 2.24) is 0 Å². The van der Waals surface area contributed by atoms with Gasteiger partial charge < -0.3 is 10.5 Å². The Kier molecular flexibility index (Phi) is 2.93. The Bertz CT molecular complexity index is 419. The zero-order valence-electron chi connectivity index (χ0n) is 9.87. The van der Waals surface area contributed by atoms with Crippen LogP contribution in [0.1, 0.15) is 53.4 Å². The van der Waals surface area contributed by atoms with Gasteiger partial charge in [0.2, 0.25) is 0 Å². The lowest BCUT2D eigenvalue weighted by molar-refractivity contribution is 0.0378. The fraction of sp³-hybridized carbons (Fsp3) is 0.583. The van der Waals surface area contributed by atoms with E-state index >= 15 is 0 Å². The molecule has 1 saturated carbocycles. The first-order chi connectivity index (χ1) is 7.50. The Morgan fingerprint density at radius 1 is 1.50 bits per heavy atom. The summed E-state index contributed by atoms with van der Waals surface area (Å²) in [5.74, 6) is 0.266. The summed E-state index contributed by atoms with van der Waals surface area (Å²) in [6.45, 7) is 5.73. The van der Waals surface area contributed by atoms with Crippen LogP contribution < -0.4 is 5.73 Å². The van der Waals surface area contributed by atoms with Crippen LogP contribution in [0.25, 0.3) is 0 Å². The Balaban J connectivity index is 2.34. The predicted octanol–water partition coefficient (Wildman–Crippen LogP) is 3.08. The third-order valence-corrected chi connectivity index (χ3v) is 3.64. The lowest BCUT2D eigenvalue weighted by Gasteiger charge is -2.09. The zero-order chi connectivity index (χ0) is 11.9. The van der Waals surface area contributed by atoms with E-state index in [1.54, 1.807) is 0 Å². The van der Waals surface area contributed by atoms with Gasteiger partial charge in [-0.15, -0.1) is 11.3 Å². The van der Waals surface area contributed by atoms with Crippen molar-refractivity contribution in [2.75, 3.05) is 5.73 Å². The average molecular weight is 239 g/mol. The highest BCUT2D eigenvalue weighted by Gasteiger charge is 2.33. The summed E-state index contributed by atoms with van der Waals surface area (Å²) in [5.41, 5.74) is 7.66. The number of aryl methyl sites for hydroxylation is 1. The Labute approximate surface area is 99.6 Å². The Morgan fingerprint density at radius 2 is 2.12 bits per heavy atom. The molecule has 1 heterocycles. The number of thiophene rings is 1. The topological polar surface area (TPSA) is 52.3 Å². The first-order valence-corrected chi connectivity index (χ1v) is 6.42. The summed E-state index contributed by atoms with van der Waals surface area (Å²) in [6.07, 6.45) is 2.23. The summed E-state index contributed by atoms with van der Waals surface area (Å²) >= 11 is 1.50. The van der Waals surface area contributed by atoms with Gasteiger partial charge in [-0.05, 0) is 45.1 Å². The van der Waals surface area contributed by atoms with Crippen molar-refractivity contribution < 1.29 is 9.53 Å². The van der Waals surface area contributed by atoms with E-state index in [-0.39, 0.29) is 12.1 Å². The number of hydrogen-bond donors (Lipinski definition) is 1. The summed E-state index contributed by atoms with van der Waals surface area (Å²) in [4.78, 5) is 13.1. The van der Waals surface area contributed by atoms with Gasteiger partial charge in [-0.3, -0.25) is 0 Å². The van der Waals surface area contributed by atoms with Gasteiger partial charge in [0.1, 0.15) is 5.00 Å². The maximum Gasteiger partial charge on any atom is 0.341 e. The molecule has 0 aromatic carbocycles. The number of carbonyl (C=O) groups is 1. The van der Waals surface area contributed by atoms with E-state index in [9.17, 15) is 4.79 Å². The largest absolute Gasteiger partial charge is 0.459 e. The molecule has 0 amide bonds. The third kappa shape index (κ3) is 2.07. The van der Waals surface area contributed by atoms with Gasteiger partial charge in [0, 0.05) is 4.88 Å². The van der Waals surface area contributed by atoms with E-state index in [0.717, 1.165) is 10.4 Å². The molecule has 88 valence electrons. The lowest BCUT2D eigenvalue weighted by atomic mass is 10.1. The molecule has 1 aliphatic rings. The van der Waals surface area contributed by atoms with Crippen LogP contribution in [0.4, 0.5) is 5.00 Å². The molecule has 3 nitrogen and oxygen atoms in total. The van der Waals surface area contributed by atoms with Crippen LogP contribution in [0.5, 0.6) is 0 Å². The number of hydrogen-bond acceptors (Lipinski definition) is 4. The highest BCUT2D eigenvalue weighted by Crippen LogP contribution is 2.47. The molecular formula is C12H17NO2S. The molecule has 0 spiro atoms. The number of rotatable bonds is 3. The van der Waals surface area contributed by atoms with E-state index in [1.165, 1.54) is 24.2 Å². The highest BCUT2D eigenvalue weighted by atomic mass is 32.1. The minimum atomic E-state index is -0.265. The molecule has 0 saturated heterocycles. The van der Waals surface area contributed by atoms with E-state index in [0.29, 0.717) is 16.5 Å². The summed E-state index contributed by atoms with van der Waals surface area (Å²) in [6, 6.07) is 0. The van der Waals surface area contributed by atoms with Gasteiger partial charge in [0.25, 0.3) is 0 Å². The molecule has 1 aliphatic carbocycles. The summed E-state index contributed by atoms with van der Waals surface area (Å²) in [7, 11) is 0. The fourth-order valence-electron chi connectivity index (χ4n) is 1.93. The molecule has 1 aromatic heterocycles. The second-order valence-electron chi connectivity index (χ2n) is 4.54. The van der Waals surface area contributed by atoms with Crippen molar-refractivity contribution in [1.29, 1.82) is 0 Å². The predicted molar refractivity (Wildman–Crippen MR) is 66.0 cm³/mol. The van der Waals surface area contributed by atoms with Crippen LogP contribution in [0.2, 0.25) is 0 Å². The quantitative estimate of drug-likeness (QED) is 0.825. The van der Waals surface area contributed by atoms with Gasteiger partial charge in [-0.25, -0.2) is 4.79 Å². The van der Waals surface area contributed by atoms with E-state index in [1.807, 2.05) is 20.8 Å². The molecule has 1 aromatic rings. The molecule has 2 rings (SSSR count). The molecule has 2 N–H and O–H groups in total. The molecule has 0 atom stereocenters. The minimum absolute atomic E-state index is 0.0980. The number of ether oxygens (including phenoxy) is 1. The SMILES string of the molecule is Cc1sc(N)c(C(=O)OC(C)C)c1C1CC1. The van der Waals surface area contributed by atoms with Crippen molar-refractivity contribution in [2.45, 2.75) is 45.6 Å². The molecule has 0 unspecified atom stereocenters. The van der Waals surface area contributed by atoms with Gasteiger partial charge in [-0.1, -0.05) is 0 Å². The summed E-state index contributed by atoms with van der Waals surface area (Å²) < 4.78 is 5.24. The second-order valence-corrected chi connectivity index (χ2v) is 5.80. The summed E-state index contributed by atoms with van der Waals surface area (Å²) in [5, 5.41) is 0.602. The maximum atomic E-state index is 11.9. The highest BCUT2D eigenvalue weighted by molar-refractivity contribution is 7.16. The number of nitrogens with two attached hydrogens (primary N) is 1. The smallest absolute Gasteiger partial charge is 0.341 e. The standard InChI is InChI=1S/C12H17NO2S/c1-6(2)15-12(14)10-9(8-4-5-8)7(3)16-11(10)13/h6,8H,4-5,13H2,1-3H3. The molecule has 4 heteroatoms. The van der Waals surface area contributed by atoms with Crippen molar-refractivity contribution >= 4 is 22.3 Å². The Hall–Kier alpha value is -1.03. The van der Waals surface area contributed by atoms with E-state index in [4.69, 9.17) is 10.5 Å². The van der Waals surface area contributed by atoms with Crippen molar-refractivity contribution in [3.8, 4) is 0 Å². The van der Waals surface area contributed by atoms with Gasteiger partial charge in [0.05, 0.1) is 11.7 Å². The fourth-order valence-corrected chi connectivity index (χ4v) is 2.93. The van der Waals surface area contributed by atoms with Crippen LogP contribution in [-0.4, -0.2) is 12.1 Å². The monoisotopic (exact) mass is 239 g/mol. The molecule has 0 aliphatic heterocycles. The van der Waals surface area contributed by atoms with E-state index in [2.05, 4.69) is 0 Å². The van der Waals surface area contributed by atoms with Gasteiger partial charge in [0.15, 0.2) is 0 Å². The lowest BCUT2D eigenvalue weighted by Crippen LogP contribution is -2.13. The van der Waals surface area contributed by atoms with E-state index < -0.39 is 0 Å². The minimum Gasteiger partial charge on any atom is -0.459 e. The average Bonchev–Trinajstić information content (AvgIpc) is 2.91. The van der Waals surface area contributed by atoms with Crippen LogP contribution in [0, 0.1) is 6.92 Å². The molecule has 0 radical (unpaired) electrons. The van der Waals surface area contributed by atoms with Crippen molar-refractivity contribution in [2.24, 2.45) is 0 Å². The van der Waals surface area contributed by atoms with Crippen LogP contribution >= 0.6 is 11.3 Å². The number of anilines is 1.